The zero-order chi connectivity index (χ0) is 21.2. The van der Waals surface area contributed by atoms with E-state index in [1.165, 1.54) is 31.0 Å². The molecular weight excluding hydrogens is 417 g/mol. The lowest BCUT2D eigenvalue weighted by molar-refractivity contribution is 0.0939. The van der Waals surface area contributed by atoms with E-state index in [-0.39, 0.29) is 33.1 Å². The summed E-state index contributed by atoms with van der Waals surface area (Å²) in [7, 11) is -1.93. The van der Waals surface area contributed by atoms with Gasteiger partial charge in [-0.2, -0.15) is 0 Å². The molecule has 0 aromatic heterocycles. The quantitative estimate of drug-likeness (QED) is 0.660. The molecule has 1 aliphatic rings. The summed E-state index contributed by atoms with van der Waals surface area (Å²) in [5.74, 6) is -0.859. The molecule has 6 nitrogen and oxygen atoms in total. The number of amides is 1. The maximum absolute atomic E-state index is 13.1. The Bertz CT molecular complexity index is 995. The topological polar surface area (TPSA) is 78.5 Å². The molecule has 1 saturated carbocycles. The van der Waals surface area contributed by atoms with Gasteiger partial charge in [-0.1, -0.05) is 11.6 Å². The summed E-state index contributed by atoms with van der Waals surface area (Å²) >= 11 is 6.11. The molecule has 0 spiro atoms. The van der Waals surface area contributed by atoms with Gasteiger partial charge in [0, 0.05) is 24.2 Å². The number of anilines is 1. The van der Waals surface area contributed by atoms with Crippen LogP contribution in [0.15, 0.2) is 47.4 Å². The highest BCUT2D eigenvalue weighted by atomic mass is 35.5. The Hall–Kier alpha value is -2.16. The first kappa shape index (κ1) is 21.5. The minimum atomic E-state index is -3.97. The average molecular weight is 440 g/mol. The van der Waals surface area contributed by atoms with E-state index >= 15 is 0 Å². The molecule has 1 aliphatic carbocycles. The van der Waals surface area contributed by atoms with Crippen molar-refractivity contribution < 1.29 is 17.6 Å². The minimum absolute atomic E-state index is 0.0757. The lowest BCUT2D eigenvalue weighted by Gasteiger charge is -2.24. The molecule has 156 valence electrons. The van der Waals surface area contributed by atoms with E-state index < -0.39 is 15.8 Å². The van der Waals surface area contributed by atoms with Crippen LogP contribution in [0.2, 0.25) is 5.02 Å². The van der Waals surface area contributed by atoms with Crippen molar-refractivity contribution in [2.24, 2.45) is 0 Å². The largest absolute Gasteiger partial charge is 0.350 e. The summed E-state index contributed by atoms with van der Waals surface area (Å²) < 4.78 is 40.4. The lowest BCUT2D eigenvalue weighted by Crippen LogP contribution is -2.41. The van der Waals surface area contributed by atoms with Crippen LogP contribution in [0.25, 0.3) is 0 Å². The van der Waals surface area contributed by atoms with Crippen LogP contribution in [0.4, 0.5) is 10.1 Å². The number of halogens is 2. The van der Waals surface area contributed by atoms with E-state index in [1.54, 1.807) is 0 Å². The fraction of sp³-hybridized carbons (Fsp3) is 0.350. The molecule has 0 aliphatic heterocycles. The van der Waals surface area contributed by atoms with E-state index in [0.29, 0.717) is 12.6 Å². The monoisotopic (exact) mass is 439 g/mol. The molecule has 0 radical (unpaired) electrons. The van der Waals surface area contributed by atoms with E-state index in [9.17, 15) is 17.6 Å². The van der Waals surface area contributed by atoms with Crippen LogP contribution in [0.5, 0.6) is 0 Å². The highest BCUT2D eigenvalue weighted by Gasteiger charge is 2.29. The molecule has 2 N–H and O–H groups in total. The van der Waals surface area contributed by atoms with E-state index in [2.05, 4.69) is 14.9 Å². The summed E-state index contributed by atoms with van der Waals surface area (Å²) in [6, 6.07) is 9.56. The second-order valence-electron chi connectivity index (χ2n) is 7.21. The van der Waals surface area contributed by atoms with Gasteiger partial charge in [0.2, 0.25) is 0 Å². The molecule has 1 amide bonds. The molecule has 1 atom stereocenters. The van der Waals surface area contributed by atoms with Crippen molar-refractivity contribution in [1.29, 1.82) is 0 Å². The van der Waals surface area contributed by atoms with Crippen LogP contribution in [-0.2, 0) is 10.0 Å². The van der Waals surface area contributed by atoms with Gasteiger partial charge in [0.1, 0.15) is 5.82 Å². The second-order valence-corrected chi connectivity index (χ2v) is 9.30. The Morgan fingerprint density at radius 2 is 1.90 bits per heavy atom. The van der Waals surface area contributed by atoms with Crippen molar-refractivity contribution in [1.82, 2.24) is 10.2 Å². The fourth-order valence-electron chi connectivity index (χ4n) is 2.89. The zero-order valence-electron chi connectivity index (χ0n) is 16.2. The minimum Gasteiger partial charge on any atom is -0.350 e. The van der Waals surface area contributed by atoms with Gasteiger partial charge in [0.05, 0.1) is 15.6 Å². The number of carbonyl (C=O) groups excluding carboxylic acids is 1. The van der Waals surface area contributed by atoms with Crippen molar-refractivity contribution in [2.45, 2.75) is 36.7 Å². The normalized spacial score (nSPS) is 15.2. The van der Waals surface area contributed by atoms with Crippen molar-refractivity contribution in [2.75, 3.05) is 18.3 Å². The molecule has 9 heteroatoms. The number of rotatable bonds is 8. The summed E-state index contributed by atoms with van der Waals surface area (Å²) in [4.78, 5) is 14.6. The zero-order valence-corrected chi connectivity index (χ0v) is 17.7. The van der Waals surface area contributed by atoms with Crippen LogP contribution < -0.4 is 10.0 Å². The van der Waals surface area contributed by atoms with Gasteiger partial charge in [-0.05, 0) is 69.3 Å². The van der Waals surface area contributed by atoms with Gasteiger partial charge >= 0.3 is 0 Å². The van der Waals surface area contributed by atoms with Crippen LogP contribution in [0, 0.1) is 5.82 Å². The van der Waals surface area contributed by atoms with Crippen LogP contribution >= 0.6 is 11.6 Å². The second kappa shape index (κ2) is 8.69. The first-order valence-electron chi connectivity index (χ1n) is 9.25. The van der Waals surface area contributed by atoms with Gasteiger partial charge in [-0.3, -0.25) is 14.4 Å². The first-order valence-corrected chi connectivity index (χ1v) is 11.1. The molecule has 3 rings (SSSR count). The third-order valence-electron chi connectivity index (χ3n) is 4.97. The Morgan fingerprint density at radius 3 is 2.52 bits per heavy atom. The lowest BCUT2D eigenvalue weighted by atomic mass is 10.2. The Morgan fingerprint density at radius 1 is 1.24 bits per heavy atom. The molecule has 29 heavy (non-hydrogen) atoms. The molecule has 0 saturated heterocycles. The predicted octanol–water partition coefficient (Wildman–Crippen LogP) is 3.49. The number of hydrogen-bond acceptors (Lipinski definition) is 4. The fourth-order valence-corrected chi connectivity index (χ4v) is 4.18. The average Bonchev–Trinajstić information content (AvgIpc) is 3.52. The van der Waals surface area contributed by atoms with Gasteiger partial charge in [-0.25, -0.2) is 12.8 Å². The third kappa shape index (κ3) is 5.46. The smallest absolute Gasteiger partial charge is 0.261 e. The van der Waals surface area contributed by atoms with E-state index in [0.717, 1.165) is 24.3 Å². The molecule has 2 aromatic rings. The Balaban J connectivity index is 1.70. The molecular formula is C20H23ClFN3O3S. The highest BCUT2D eigenvalue weighted by molar-refractivity contribution is 7.92. The van der Waals surface area contributed by atoms with E-state index in [1.807, 2.05) is 14.0 Å². The number of likely N-dealkylation sites (N-methyl/N-ethyl adjacent to an activating group) is 1. The molecule has 0 bridgehead atoms. The summed E-state index contributed by atoms with van der Waals surface area (Å²) in [6.07, 6.45) is 2.37. The van der Waals surface area contributed by atoms with Crippen LogP contribution in [-0.4, -0.2) is 44.9 Å². The summed E-state index contributed by atoms with van der Waals surface area (Å²) in [5.41, 5.74) is 0.360. The maximum atomic E-state index is 13.1. The molecule has 2 aromatic carbocycles. The number of nitrogens with zero attached hydrogens (tertiary/aromatic N) is 1. The predicted molar refractivity (Wildman–Crippen MR) is 111 cm³/mol. The van der Waals surface area contributed by atoms with Gasteiger partial charge in [0.25, 0.3) is 15.9 Å². The van der Waals surface area contributed by atoms with Crippen molar-refractivity contribution in [3.8, 4) is 0 Å². The molecule has 1 fully saturated rings. The van der Waals surface area contributed by atoms with Crippen LogP contribution in [0.3, 0.4) is 0 Å². The summed E-state index contributed by atoms with van der Waals surface area (Å²) in [6.45, 7) is 2.52. The van der Waals surface area contributed by atoms with Crippen molar-refractivity contribution in [3.05, 3.63) is 58.9 Å². The van der Waals surface area contributed by atoms with E-state index in [4.69, 9.17) is 11.6 Å². The molecule has 0 heterocycles. The summed E-state index contributed by atoms with van der Waals surface area (Å²) in [5, 5.41) is 3.01. The van der Waals surface area contributed by atoms with Crippen molar-refractivity contribution in [3.63, 3.8) is 0 Å². The number of carbonyl (C=O) groups is 1. The first-order chi connectivity index (χ1) is 13.7. The number of nitrogens with one attached hydrogen (secondary N) is 2. The molecule has 1 unspecified atom stereocenters. The Labute approximate surface area is 175 Å². The van der Waals surface area contributed by atoms with Gasteiger partial charge < -0.3 is 5.32 Å². The SMILES string of the molecule is CC(CNC(=O)c1ccc(Cl)c(NS(=O)(=O)c2ccc(F)cc2)c1)N(C)C1CC1. The van der Waals surface area contributed by atoms with Crippen LogP contribution in [0.1, 0.15) is 30.1 Å². The highest BCUT2D eigenvalue weighted by Crippen LogP contribution is 2.27. The number of benzene rings is 2. The number of sulfonamides is 1. The third-order valence-corrected chi connectivity index (χ3v) is 6.68. The van der Waals surface area contributed by atoms with Gasteiger partial charge in [-0.15, -0.1) is 0 Å². The number of hydrogen-bond donors (Lipinski definition) is 2. The van der Waals surface area contributed by atoms with Crippen molar-refractivity contribution >= 4 is 33.2 Å². The Kier molecular flexibility index (Phi) is 6.45. The maximum Gasteiger partial charge on any atom is 0.261 e. The van der Waals surface area contributed by atoms with Gasteiger partial charge in [0.15, 0.2) is 0 Å². The standard InChI is InChI=1S/C20H23ClFN3O3S/c1-13(25(2)16-6-7-16)12-23-20(26)14-3-10-18(21)19(11-14)24-29(27,28)17-8-4-15(22)5-9-17/h3-5,8-11,13,16,24H,6-7,12H2,1-2H3,(H,23,26).